The van der Waals surface area contributed by atoms with Crippen molar-refractivity contribution in [3.8, 4) is 0 Å². The molecule has 0 saturated carbocycles. The second kappa shape index (κ2) is 9.58. The van der Waals surface area contributed by atoms with Gasteiger partial charge in [-0.05, 0) is 67.8 Å². The van der Waals surface area contributed by atoms with E-state index in [1.54, 1.807) is 36.4 Å². The molecule has 0 aliphatic heterocycles. The van der Waals surface area contributed by atoms with Crippen LogP contribution in [-0.4, -0.2) is 20.9 Å². The molecule has 1 amide bonds. The third-order valence-corrected chi connectivity index (χ3v) is 7.19. The minimum Gasteiger partial charge on any atom is -0.350 e. The Morgan fingerprint density at radius 1 is 0.968 bits per heavy atom. The van der Waals surface area contributed by atoms with E-state index in [4.69, 9.17) is 0 Å². The number of nitrogens with one attached hydrogen (secondary N) is 1. The van der Waals surface area contributed by atoms with Crippen molar-refractivity contribution in [2.24, 2.45) is 0 Å². The lowest BCUT2D eigenvalue weighted by molar-refractivity contribution is -0.119. The van der Waals surface area contributed by atoms with Gasteiger partial charge in [0.05, 0.1) is 10.6 Å². The Bertz CT molecular complexity index is 1190. The number of amides is 1. The van der Waals surface area contributed by atoms with Gasteiger partial charge in [0.1, 0.15) is 6.54 Å². The summed E-state index contributed by atoms with van der Waals surface area (Å²) in [6.07, 6.45) is 0. The lowest BCUT2D eigenvalue weighted by Gasteiger charge is -2.26. The standard InChI is InChI=1S/C24H26N2O3S2/c1-17-10-12-22(13-11-17)31(28,29)26(23-9-4-6-18(2)19(23)3)16-24(27)25-15-20-7-5-8-21(30)14-20/h4-14,30H,15-16H2,1-3H3,(H,25,27). The first-order valence-corrected chi connectivity index (χ1v) is 11.8. The highest BCUT2D eigenvalue weighted by molar-refractivity contribution is 7.92. The summed E-state index contributed by atoms with van der Waals surface area (Å²) in [7, 11) is -3.93. The molecule has 0 aliphatic rings. The summed E-state index contributed by atoms with van der Waals surface area (Å²) in [5, 5.41) is 2.81. The Kier molecular flexibility index (Phi) is 7.08. The lowest BCUT2D eigenvalue weighted by atomic mass is 10.1. The molecule has 0 aromatic heterocycles. The van der Waals surface area contributed by atoms with E-state index in [2.05, 4.69) is 17.9 Å². The number of thiol groups is 1. The highest BCUT2D eigenvalue weighted by Crippen LogP contribution is 2.28. The molecule has 0 heterocycles. The van der Waals surface area contributed by atoms with Crippen LogP contribution in [0, 0.1) is 20.8 Å². The first kappa shape index (κ1) is 22.9. The van der Waals surface area contributed by atoms with E-state index < -0.39 is 10.0 Å². The van der Waals surface area contributed by atoms with Gasteiger partial charge in [0.25, 0.3) is 10.0 Å². The smallest absolute Gasteiger partial charge is 0.264 e. The van der Waals surface area contributed by atoms with Gasteiger partial charge < -0.3 is 5.32 Å². The molecule has 0 aliphatic carbocycles. The van der Waals surface area contributed by atoms with Crippen LogP contribution in [0.15, 0.2) is 76.5 Å². The molecular weight excluding hydrogens is 428 g/mol. The zero-order valence-electron chi connectivity index (χ0n) is 17.8. The average molecular weight is 455 g/mol. The van der Waals surface area contributed by atoms with Crippen LogP contribution in [0.25, 0.3) is 0 Å². The molecule has 0 radical (unpaired) electrons. The van der Waals surface area contributed by atoms with Crippen molar-refractivity contribution in [1.29, 1.82) is 0 Å². The molecule has 0 bridgehead atoms. The predicted molar refractivity (Wildman–Crippen MR) is 127 cm³/mol. The topological polar surface area (TPSA) is 66.5 Å². The maximum Gasteiger partial charge on any atom is 0.264 e. The van der Waals surface area contributed by atoms with Gasteiger partial charge in [0.2, 0.25) is 5.91 Å². The van der Waals surface area contributed by atoms with Gasteiger partial charge in [-0.25, -0.2) is 8.42 Å². The number of carbonyl (C=O) groups is 1. The van der Waals surface area contributed by atoms with Crippen LogP contribution >= 0.6 is 12.6 Å². The monoisotopic (exact) mass is 454 g/mol. The lowest BCUT2D eigenvalue weighted by Crippen LogP contribution is -2.41. The van der Waals surface area contributed by atoms with Gasteiger partial charge in [0, 0.05) is 11.4 Å². The van der Waals surface area contributed by atoms with Crippen molar-refractivity contribution in [2.75, 3.05) is 10.8 Å². The number of nitrogens with zero attached hydrogens (tertiary/aromatic N) is 1. The molecule has 31 heavy (non-hydrogen) atoms. The minimum absolute atomic E-state index is 0.148. The average Bonchev–Trinajstić information content (AvgIpc) is 2.73. The molecule has 0 unspecified atom stereocenters. The molecule has 3 rings (SSSR count). The Morgan fingerprint density at radius 2 is 1.65 bits per heavy atom. The van der Waals surface area contributed by atoms with Gasteiger partial charge in [0.15, 0.2) is 0 Å². The minimum atomic E-state index is -3.93. The summed E-state index contributed by atoms with van der Waals surface area (Å²) in [5.74, 6) is -0.388. The Hall–Kier alpha value is -2.77. The summed E-state index contributed by atoms with van der Waals surface area (Å²) in [5.41, 5.74) is 4.11. The van der Waals surface area contributed by atoms with Crippen molar-refractivity contribution in [1.82, 2.24) is 5.32 Å². The van der Waals surface area contributed by atoms with Crippen LogP contribution in [0.5, 0.6) is 0 Å². The van der Waals surface area contributed by atoms with Crippen LogP contribution in [0.2, 0.25) is 0 Å². The van der Waals surface area contributed by atoms with Crippen molar-refractivity contribution >= 4 is 34.2 Å². The molecule has 0 fully saturated rings. The summed E-state index contributed by atoms with van der Waals surface area (Å²) in [6.45, 7) is 5.64. The van der Waals surface area contributed by atoms with Gasteiger partial charge in [-0.15, -0.1) is 12.6 Å². The summed E-state index contributed by atoms with van der Waals surface area (Å²) < 4.78 is 28.2. The van der Waals surface area contributed by atoms with Crippen LogP contribution < -0.4 is 9.62 Å². The molecule has 162 valence electrons. The number of sulfonamides is 1. The quantitative estimate of drug-likeness (QED) is 0.520. The maximum absolute atomic E-state index is 13.5. The number of hydrogen-bond acceptors (Lipinski definition) is 4. The molecule has 1 N–H and O–H groups in total. The van der Waals surface area contributed by atoms with E-state index in [0.717, 1.165) is 27.1 Å². The number of aryl methyl sites for hydroxylation is 2. The second-order valence-corrected chi connectivity index (χ2v) is 9.87. The fraction of sp³-hybridized carbons (Fsp3) is 0.208. The number of hydrogen-bond donors (Lipinski definition) is 2. The zero-order valence-corrected chi connectivity index (χ0v) is 19.5. The molecule has 0 atom stereocenters. The number of benzene rings is 3. The first-order valence-electron chi connectivity index (χ1n) is 9.89. The molecule has 7 heteroatoms. The SMILES string of the molecule is Cc1ccc(S(=O)(=O)N(CC(=O)NCc2cccc(S)c2)c2cccc(C)c2C)cc1. The third-order valence-electron chi connectivity index (χ3n) is 5.14. The molecular formula is C24H26N2O3S2. The van der Waals surface area contributed by atoms with E-state index in [1.807, 2.05) is 51.1 Å². The van der Waals surface area contributed by atoms with E-state index in [-0.39, 0.29) is 17.3 Å². The number of anilines is 1. The molecule has 0 saturated heterocycles. The number of rotatable bonds is 7. The fourth-order valence-electron chi connectivity index (χ4n) is 3.20. The van der Waals surface area contributed by atoms with Gasteiger partial charge in [-0.3, -0.25) is 9.10 Å². The summed E-state index contributed by atoms with van der Waals surface area (Å²) in [6, 6.07) is 19.5. The molecule has 0 spiro atoms. The highest BCUT2D eigenvalue weighted by atomic mass is 32.2. The van der Waals surface area contributed by atoms with Gasteiger partial charge in [-0.1, -0.05) is 42.0 Å². The Balaban J connectivity index is 1.91. The van der Waals surface area contributed by atoms with Crippen LogP contribution in [-0.2, 0) is 21.4 Å². The molecule has 3 aromatic carbocycles. The summed E-state index contributed by atoms with van der Waals surface area (Å²) in [4.78, 5) is 13.7. The largest absolute Gasteiger partial charge is 0.350 e. The normalized spacial score (nSPS) is 11.2. The predicted octanol–water partition coefficient (Wildman–Crippen LogP) is 4.41. The first-order chi connectivity index (χ1) is 14.7. The fourth-order valence-corrected chi connectivity index (χ4v) is 4.93. The molecule has 5 nitrogen and oxygen atoms in total. The van der Waals surface area contributed by atoms with E-state index in [9.17, 15) is 13.2 Å². The van der Waals surface area contributed by atoms with E-state index in [1.165, 1.54) is 4.31 Å². The van der Waals surface area contributed by atoms with Gasteiger partial charge in [-0.2, -0.15) is 0 Å². The van der Waals surface area contributed by atoms with Crippen LogP contribution in [0.3, 0.4) is 0 Å². The highest BCUT2D eigenvalue weighted by Gasteiger charge is 2.28. The maximum atomic E-state index is 13.5. The third kappa shape index (κ3) is 5.48. The van der Waals surface area contributed by atoms with Crippen LogP contribution in [0.1, 0.15) is 22.3 Å². The van der Waals surface area contributed by atoms with Crippen molar-refractivity contribution in [3.63, 3.8) is 0 Å². The van der Waals surface area contributed by atoms with Crippen molar-refractivity contribution in [2.45, 2.75) is 37.1 Å². The van der Waals surface area contributed by atoms with Gasteiger partial charge >= 0.3 is 0 Å². The Morgan fingerprint density at radius 3 is 2.32 bits per heavy atom. The van der Waals surface area contributed by atoms with E-state index in [0.29, 0.717) is 12.2 Å². The number of carbonyl (C=O) groups excluding carboxylic acids is 1. The Labute approximate surface area is 189 Å². The van der Waals surface area contributed by atoms with Crippen molar-refractivity contribution in [3.05, 3.63) is 89.0 Å². The van der Waals surface area contributed by atoms with Crippen LogP contribution in [0.4, 0.5) is 5.69 Å². The zero-order chi connectivity index (χ0) is 22.6. The van der Waals surface area contributed by atoms with Crippen molar-refractivity contribution < 1.29 is 13.2 Å². The van der Waals surface area contributed by atoms with E-state index >= 15 is 0 Å². The second-order valence-electron chi connectivity index (χ2n) is 7.49. The molecule has 3 aromatic rings. The summed E-state index contributed by atoms with van der Waals surface area (Å²) >= 11 is 4.31.